The summed E-state index contributed by atoms with van der Waals surface area (Å²) < 4.78 is 7.57. The van der Waals surface area contributed by atoms with E-state index >= 15 is 0 Å². The van der Waals surface area contributed by atoms with Gasteiger partial charge in [-0.3, -0.25) is 4.79 Å². The zero-order valence-electron chi connectivity index (χ0n) is 15.2. The number of carbonyl (C=O) groups excluding carboxylic acids is 1. The molecule has 2 N–H and O–H groups in total. The number of furan rings is 1. The van der Waals surface area contributed by atoms with Crippen LogP contribution in [0.4, 0.5) is 11.6 Å². The summed E-state index contributed by atoms with van der Waals surface area (Å²) in [5.74, 6) is 1.80. The fourth-order valence-corrected chi connectivity index (χ4v) is 3.44. The summed E-state index contributed by atoms with van der Waals surface area (Å²) in [6.45, 7) is 3.74. The highest BCUT2D eigenvalue weighted by atomic mass is 32.2. The molecule has 0 unspecified atom stereocenters. The van der Waals surface area contributed by atoms with Crippen LogP contribution >= 0.6 is 11.8 Å². The number of nitrogens with one attached hydrogen (secondary N) is 2. The monoisotopic (exact) mass is 381 g/mol. The van der Waals surface area contributed by atoms with Crippen molar-refractivity contribution in [3.8, 4) is 0 Å². The van der Waals surface area contributed by atoms with Crippen molar-refractivity contribution in [1.29, 1.82) is 0 Å². The van der Waals surface area contributed by atoms with E-state index in [0.29, 0.717) is 22.4 Å². The minimum atomic E-state index is -0.493. The number of benzene rings is 1. The summed E-state index contributed by atoms with van der Waals surface area (Å²) >= 11 is 1.45. The van der Waals surface area contributed by atoms with Crippen molar-refractivity contribution in [3.63, 3.8) is 0 Å². The van der Waals surface area contributed by atoms with Crippen molar-refractivity contribution >= 4 is 29.3 Å². The summed E-state index contributed by atoms with van der Waals surface area (Å²) in [7, 11) is 0. The lowest BCUT2D eigenvalue weighted by Gasteiger charge is -2.27. The first-order valence-electron chi connectivity index (χ1n) is 8.48. The molecule has 0 fully saturated rings. The van der Waals surface area contributed by atoms with Gasteiger partial charge < -0.3 is 15.1 Å². The first kappa shape index (κ1) is 17.4. The number of hydrogen-bond donors (Lipinski definition) is 2. The number of allylic oxidation sites excluding steroid dienone is 1. The Morgan fingerprint density at radius 3 is 2.67 bits per heavy atom. The Labute approximate surface area is 160 Å². The van der Waals surface area contributed by atoms with Gasteiger partial charge in [-0.05, 0) is 44.4 Å². The molecule has 4 rings (SSSR count). The fourth-order valence-electron chi connectivity index (χ4n) is 3.10. The van der Waals surface area contributed by atoms with E-state index in [0.717, 1.165) is 17.1 Å². The molecule has 1 aliphatic heterocycles. The highest BCUT2D eigenvalue weighted by molar-refractivity contribution is 7.98. The highest BCUT2D eigenvalue weighted by Crippen LogP contribution is 2.37. The molecule has 1 aliphatic rings. The summed E-state index contributed by atoms with van der Waals surface area (Å²) in [5.41, 5.74) is 1.99. The SMILES string of the molecule is CSc1nc2n(n1)[C@H](c1ccc(C)o1)C(C(=O)Nc1ccccc1)=C(C)N2. The van der Waals surface area contributed by atoms with Gasteiger partial charge in [0.05, 0.1) is 5.57 Å². The third-order valence-corrected chi connectivity index (χ3v) is 4.86. The molecule has 3 heterocycles. The number of thioether (sulfide) groups is 1. The molecule has 2 aromatic heterocycles. The number of amides is 1. The molecule has 0 aliphatic carbocycles. The van der Waals surface area contributed by atoms with Crippen LogP contribution in [0.15, 0.2) is 63.3 Å². The van der Waals surface area contributed by atoms with Crippen LogP contribution in [0.25, 0.3) is 0 Å². The molecular formula is C19H19N5O2S. The molecule has 8 heteroatoms. The van der Waals surface area contributed by atoms with Crippen LogP contribution < -0.4 is 10.6 Å². The summed E-state index contributed by atoms with van der Waals surface area (Å²) in [4.78, 5) is 17.6. The minimum Gasteiger partial charge on any atom is -0.464 e. The quantitative estimate of drug-likeness (QED) is 0.668. The average Bonchev–Trinajstić information content (AvgIpc) is 3.27. The molecule has 27 heavy (non-hydrogen) atoms. The van der Waals surface area contributed by atoms with Crippen LogP contribution in [0.2, 0.25) is 0 Å². The number of hydrogen-bond acceptors (Lipinski definition) is 6. The van der Waals surface area contributed by atoms with Crippen molar-refractivity contribution < 1.29 is 9.21 Å². The van der Waals surface area contributed by atoms with Gasteiger partial charge in [-0.2, -0.15) is 4.98 Å². The average molecular weight is 381 g/mol. The number of fused-ring (bicyclic) bond motifs is 1. The van der Waals surface area contributed by atoms with E-state index < -0.39 is 6.04 Å². The Kier molecular flexibility index (Phi) is 4.49. The van der Waals surface area contributed by atoms with Gasteiger partial charge in [0.15, 0.2) is 0 Å². The maximum Gasteiger partial charge on any atom is 0.256 e. The Morgan fingerprint density at radius 2 is 2.00 bits per heavy atom. The highest BCUT2D eigenvalue weighted by Gasteiger charge is 2.36. The van der Waals surface area contributed by atoms with Crippen LogP contribution in [0.5, 0.6) is 0 Å². The van der Waals surface area contributed by atoms with Gasteiger partial charge in [0.25, 0.3) is 5.91 Å². The molecule has 3 aromatic rings. The second kappa shape index (κ2) is 6.96. The summed E-state index contributed by atoms with van der Waals surface area (Å²) in [6.07, 6.45) is 1.91. The topological polar surface area (TPSA) is 85.0 Å². The molecule has 0 spiro atoms. The van der Waals surface area contributed by atoms with Gasteiger partial charge in [-0.15, -0.1) is 5.10 Å². The van der Waals surface area contributed by atoms with Gasteiger partial charge in [0.2, 0.25) is 11.1 Å². The number of para-hydroxylation sites is 1. The standard InChI is InChI=1S/C19H19N5O2S/c1-11-9-10-14(26-11)16-15(17(25)21-13-7-5-4-6-8-13)12(2)20-18-22-19(27-3)23-24(16)18/h4-10,16H,1-3H3,(H,21,25)(H,20,22,23)/t16-/m1/s1. The van der Waals surface area contributed by atoms with Gasteiger partial charge in [-0.1, -0.05) is 30.0 Å². The lowest BCUT2D eigenvalue weighted by molar-refractivity contribution is -0.113. The van der Waals surface area contributed by atoms with E-state index in [9.17, 15) is 4.79 Å². The summed E-state index contributed by atoms with van der Waals surface area (Å²) in [5, 5.41) is 11.3. The van der Waals surface area contributed by atoms with Crippen LogP contribution in [0, 0.1) is 6.92 Å². The zero-order chi connectivity index (χ0) is 19.0. The molecule has 0 saturated carbocycles. The maximum atomic E-state index is 13.1. The Bertz CT molecular complexity index is 1020. The Balaban J connectivity index is 1.78. The van der Waals surface area contributed by atoms with E-state index in [1.807, 2.05) is 62.6 Å². The van der Waals surface area contributed by atoms with Gasteiger partial charge >= 0.3 is 0 Å². The lowest BCUT2D eigenvalue weighted by Crippen LogP contribution is -2.31. The molecule has 1 atom stereocenters. The largest absolute Gasteiger partial charge is 0.464 e. The predicted octanol–water partition coefficient (Wildman–Crippen LogP) is 3.83. The van der Waals surface area contributed by atoms with Crippen LogP contribution in [0.1, 0.15) is 24.5 Å². The molecule has 0 radical (unpaired) electrons. The van der Waals surface area contributed by atoms with Gasteiger partial charge in [0, 0.05) is 11.4 Å². The second-order valence-electron chi connectivity index (χ2n) is 6.20. The Hall–Kier alpha value is -3.00. The zero-order valence-corrected chi connectivity index (χ0v) is 16.0. The molecular weight excluding hydrogens is 362 g/mol. The molecule has 0 saturated heterocycles. The number of carbonyl (C=O) groups is 1. The molecule has 1 amide bonds. The first-order chi connectivity index (χ1) is 13.1. The second-order valence-corrected chi connectivity index (χ2v) is 6.97. The van der Waals surface area contributed by atoms with Crippen molar-refractivity contribution in [2.75, 3.05) is 16.9 Å². The molecule has 1 aromatic carbocycles. The van der Waals surface area contributed by atoms with Crippen LogP contribution in [0.3, 0.4) is 0 Å². The first-order valence-corrected chi connectivity index (χ1v) is 9.70. The third kappa shape index (κ3) is 3.23. The van der Waals surface area contributed by atoms with E-state index in [4.69, 9.17) is 4.42 Å². The molecule has 138 valence electrons. The van der Waals surface area contributed by atoms with E-state index in [-0.39, 0.29) is 5.91 Å². The smallest absolute Gasteiger partial charge is 0.256 e. The maximum absolute atomic E-state index is 13.1. The van der Waals surface area contributed by atoms with Crippen molar-refractivity contribution in [1.82, 2.24) is 14.8 Å². The fraction of sp³-hybridized carbons (Fsp3) is 0.211. The van der Waals surface area contributed by atoms with Gasteiger partial charge in [0.1, 0.15) is 17.6 Å². The molecule has 0 bridgehead atoms. The lowest BCUT2D eigenvalue weighted by atomic mass is 10.00. The number of aryl methyl sites for hydroxylation is 1. The minimum absolute atomic E-state index is 0.211. The van der Waals surface area contributed by atoms with Crippen molar-refractivity contribution in [3.05, 3.63) is 65.3 Å². The van der Waals surface area contributed by atoms with E-state index in [2.05, 4.69) is 20.7 Å². The predicted molar refractivity (Wildman–Crippen MR) is 105 cm³/mol. The van der Waals surface area contributed by atoms with E-state index in [1.54, 1.807) is 4.68 Å². The van der Waals surface area contributed by atoms with E-state index in [1.165, 1.54) is 11.8 Å². The number of nitrogens with zero attached hydrogens (tertiary/aromatic N) is 3. The van der Waals surface area contributed by atoms with Crippen LogP contribution in [-0.4, -0.2) is 26.9 Å². The number of rotatable bonds is 4. The molecule has 7 nitrogen and oxygen atoms in total. The van der Waals surface area contributed by atoms with Gasteiger partial charge in [-0.25, -0.2) is 4.68 Å². The normalized spacial score (nSPS) is 16.0. The van der Waals surface area contributed by atoms with Crippen molar-refractivity contribution in [2.24, 2.45) is 0 Å². The summed E-state index contributed by atoms with van der Waals surface area (Å²) in [6, 6.07) is 12.6. The number of anilines is 2. The van der Waals surface area contributed by atoms with Crippen molar-refractivity contribution in [2.45, 2.75) is 25.0 Å². The number of aromatic nitrogens is 3. The van der Waals surface area contributed by atoms with Crippen LogP contribution in [-0.2, 0) is 4.79 Å². The third-order valence-electron chi connectivity index (χ3n) is 4.32. The Morgan fingerprint density at radius 1 is 1.22 bits per heavy atom.